The highest BCUT2D eigenvalue weighted by Gasteiger charge is 2.31. The second kappa shape index (κ2) is 8.83. The van der Waals surface area contributed by atoms with Crippen molar-refractivity contribution in [2.45, 2.75) is 32.1 Å². The molecule has 6 nitrogen and oxygen atoms in total. The first-order valence-electron chi connectivity index (χ1n) is 10.7. The van der Waals surface area contributed by atoms with Crippen molar-refractivity contribution in [3.05, 3.63) is 94.0 Å². The van der Waals surface area contributed by atoms with Crippen LogP contribution in [0.4, 0.5) is 5.69 Å². The molecule has 3 aromatic carbocycles. The summed E-state index contributed by atoms with van der Waals surface area (Å²) in [4.78, 5) is 25.2. The molecule has 3 aromatic rings. The largest absolute Gasteiger partial charge is 0.454 e. The molecule has 0 saturated heterocycles. The fourth-order valence-corrected chi connectivity index (χ4v) is 5.57. The molecule has 0 aliphatic carbocycles. The van der Waals surface area contributed by atoms with Crippen molar-refractivity contribution < 1.29 is 22.7 Å². The van der Waals surface area contributed by atoms with Crippen molar-refractivity contribution in [3.8, 4) is 0 Å². The van der Waals surface area contributed by atoms with Crippen molar-refractivity contribution in [1.29, 1.82) is 0 Å². The monoisotopic (exact) mass is 463 g/mol. The van der Waals surface area contributed by atoms with E-state index >= 15 is 0 Å². The zero-order valence-corrected chi connectivity index (χ0v) is 19.6. The van der Waals surface area contributed by atoms with E-state index in [1.807, 2.05) is 39.0 Å². The third-order valence-corrected chi connectivity index (χ3v) is 7.79. The molecule has 7 heteroatoms. The molecular formula is C26H25NO5S. The van der Waals surface area contributed by atoms with Gasteiger partial charge in [0, 0.05) is 12.1 Å². The number of hydrogen-bond donors (Lipinski definition) is 0. The van der Waals surface area contributed by atoms with Crippen molar-refractivity contribution in [2.75, 3.05) is 17.5 Å². The molecule has 0 amide bonds. The highest BCUT2D eigenvalue weighted by Crippen LogP contribution is 2.32. The van der Waals surface area contributed by atoms with Gasteiger partial charge in [-0.3, -0.25) is 9.10 Å². The van der Waals surface area contributed by atoms with E-state index in [9.17, 15) is 18.0 Å². The molecule has 4 rings (SSSR count). The lowest BCUT2D eigenvalue weighted by Crippen LogP contribution is -2.29. The summed E-state index contributed by atoms with van der Waals surface area (Å²) in [5.41, 5.74) is 5.09. The first-order chi connectivity index (χ1) is 15.7. The number of carbonyl (C=O) groups is 2. The van der Waals surface area contributed by atoms with Gasteiger partial charge in [0.05, 0.1) is 16.1 Å². The van der Waals surface area contributed by atoms with E-state index < -0.39 is 22.6 Å². The van der Waals surface area contributed by atoms with Crippen LogP contribution in [0.1, 0.15) is 43.0 Å². The number of nitrogens with zero attached hydrogens (tertiary/aromatic N) is 1. The Labute approximate surface area is 193 Å². The zero-order chi connectivity index (χ0) is 23.8. The first kappa shape index (κ1) is 22.7. The van der Waals surface area contributed by atoms with Gasteiger partial charge in [-0.1, -0.05) is 30.3 Å². The fourth-order valence-electron chi connectivity index (χ4n) is 4.02. The average molecular weight is 464 g/mol. The number of fused-ring (bicyclic) bond motifs is 1. The van der Waals surface area contributed by atoms with Gasteiger partial charge in [-0.05, 0) is 79.8 Å². The fraction of sp³-hybridized carbons (Fsp3) is 0.231. The Kier molecular flexibility index (Phi) is 6.08. The van der Waals surface area contributed by atoms with Crippen LogP contribution in [0.25, 0.3) is 0 Å². The summed E-state index contributed by atoms with van der Waals surface area (Å²) in [5.74, 6) is -1.05. The SMILES string of the molecule is Cc1cc(C)c(C(=O)COC(=O)c2cccc(S(=O)(=O)N3CCc4ccccc43)c2)cc1C. The van der Waals surface area contributed by atoms with Crippen LogP contribution in [-0.4, -0.2) is 33.3 Å². The number of para-hydroxylation sites is 1. The maximum Gasteiger partial charge on any atom is 0.338 e. The number of Topliss-reactive ketones (excluding diaryl/α,β-unsaturated/α-hetero) is 1. The van der Waals surface area contributed by atoms with Crippen molar-refractivity contribution >= 4 is 27.5 Å². The number of sulfonamides is 1. The number of ether oxygens (including phenoxy) is 1. The number of hydrogen-bond acceptors (Lipinski definition) is 5. The molecule has 1 aliphatic rings. The van der Waals surface area contributed by atoms with Gasteiger partial charge in [0.25, 0.3) is 10.0 Å². The molecule has 1 aliphatic heterocycles. The summed E-state index contributed by atoms with van der Waals surface area (Å²) >= 11 is 0. The predicted octanol–water partition coefficient (Wildman–Crippen LogP) is 4.40. The first-order valence-corrected chi connectivity index (χ1v) is 12.1. The van der Waals surface area contributed by atoms with Gasteiger partial charge in [0.1, 0.15) is 0 Å². The van der Waals surface area contributed by atoms with Crippen LogP contribution in [0.3, 0.4) is 0 Å². The number of ketones is 1. The Morgan fingerprint density at radius 3 is 2.42 bits per heavy atom. The lowest BCUT2D eigenvalue weighted by atomic mass is 9.98. The van der Waals surface area contributed by atoms with E-state index in [1.54, 1.807) is 18.2 Å². The number of benzene rings is 3. The summed E-state index contributed by atoms with van der Waals surface area (Å²) in [6, 6.07) is 16.8. The van der Waals surface area contributed by atoms with E-state index in [-0.39, 0.29) is 16.2 Å². The molecule has 0 spiro atoms. The second-order valence-corrected chi connectivity index (χ2v) is 10.1. The minimum atomic E-state index is -3.84. The number of carbonyl (C=O) groups excluding carboxylic acids is 2. The highest BCUT2D eigenvalue weighted by molar-refractivity contribution is 7.92. The molecular weight excluding hydrogens is 438 g/mol. The summed E-state index contributed by atoms with van der Waals surface area (Å²) in [7, 11) is -3.84. The van der Waals surface area contributed by atoms with Crippen LogP contribution >= 0.6 is 0 Å². The molecule has 0 N–H and O–H groups in total. The Bertz CT molecular complexity index is 1360. The number of rotatable bonds is 6. The average Bonchev–Trinajstić information content (AvgIpc) is 3.25. The van der Waals surface area contributed by atoms with Crippen molar-refractivity contribution in [1.82, 2.24) is 0 Å². The van der Waals surface area contributed by atoms with Gasteiger partial charge in [-0.15, -0.1) is 0 Å². The lowest BCUT2D eigenvalue weighted by Gasteiger charge is -2.19. The third-order valence-electron chi connectivity index (χ3n) is 5.98. The Morgan fingerprint density at radius 2 is 1.64 bits per heavy atom. The van der Waals surface area contributed by atoms with E-state index in [0.29, 0.717) is 24.2 Å². The molecule has 0 aromatic heterocycles. The predicted molar refractivity (Wildman–Crippen MR) is 126 cm³/mol. The van der Waals surface area contributed by atoms with Gasteiger partial charge < -0.3 is 4.74 Å². The van der Waals surface area contributed by atoms with Crippen LogP contribution in [-0.2, 0) is 21.2 Å². The summed E-state index contributed by atoms with van der Waals surface area (Å²) in [6.07, 6.45) is 0.636. The van der Waals surface area contributed by atoms with Gasteiger partial charge >= 0.3 is 5.97 Å². The van der Waals surface area contributed by atoms with Crippen LogP contribution in [0, 0.1) is 20.8 Å². The molecule has 0 bridgehead atoms. The standard InChI is InChI=1S/C26H25NO5S/c1-17-13-19(3)23(14-18(17)2)25(28)16-32-26(29)21-8-6-9-22(15-21)33(30,31)27-12-11-20-7-4-5-10-24(20)27/h4-10,13-15H,11-12,16H2,1-3H3. The maximum absolute atomic E-state index is 13.2. The van der Waals surface area contributed by atoms with E-state index in [2.05, 4.69) is 0 Å². The summed E-state index contributed by atoms with van der Waals surface area (Å²) < 4.78 is 33.1. The van der Waals surface area contributed by atoms with E-state index in [0.717, 1.165) is 22.3 Å². The number of esters is 1. The van der Waals surface area contributed by atoms with Gasteiger partial charge in [0.2, 0.25) is 5.78 Å². The van der Waals surface area contributed by atoms with Gasteiger partial charge in [0.15, 0.2) is 6.61 Å². The Hall–Kier alpha value is -3.45. The van der Waals surface area contributed by atoms with Gasteiger partial charge in [-0.2, -0.15) is 0 Å². The normalized spacial score (nSPS) is 13.0. The van der Waals surface area contributed by atoms with E-state index in [4.69, 9.17) is 4.74 Å². The summed E-state index contributed by atoms with van der Waals surface area (Å²) in [6.45, 7) is 5.66. The number of anilines is 1. The van der Waals surface area contributed by atoms with Crippen LogP contribution < -0.4 is 4.31 Å². The molecule has 1 heterocycles. The third kappa shape index (κ3) is 4.41. The van der Waals surface area contributed by atoms with Crippen LogP contribution in [0.15, 0.2) is 65.6 Å². The minimum absolute atomic E-state index is 0.00461. The van der Waals surface area contributed by atoms with Crippen LogP contribution in [0.2, 0.25) is 0 Å². The molecule has 0 saturated carbocycles. The Morgan fingerprint density at radius 1 is 0.909 bits per heavy atom. The van der Waals surface area contributed by atoms with Gasteiger partial charge in [-0.25, -0.2) is 13.2 Å². The molecule has 0 unspecified atom stereocenters. The second-order valence-electron chi connectivity index (χ2n) is 8.23. The molecule has 0 atom stereocenters. The number of aryl methyl sites for hydroxylation is 3. The smallest absolute Gasteiger partial charge is 0.338 e. The topological polar surface area (TPSA) is 80.8 Å². The van der Waals surface area contributed by atoms with Crippen molar-refractivity contribution in [3.63, 3.8) is 0 Å². The highest BCUT2D eigenvalue weighted by atomic mass is 32.2. The van der Waals surface area contributed by atoms with E-state index in [1.165, 1.54) is 28.6 Å². The van der Waals surface area contributed by atoms with Crippen molar-refractivity contribution in [2.24, 2.45) is 0 Å². The zero-order valence-electron chi connectivity index (χ0n) is 18.8. The quantitative estimate of drug-likeness (QED) is 0.400. The Balaban J connectivity index is 1.51. The van der Waals surface area contributed by atoms with Crippen LogP contribution in [0.5, 0.6) is 0 Å². The lowest BCUT2D eigenvalue weighted by molar-refractivity contribution is 0.0474. The molecule has 170 valence electrons. The molecule has 0 radical (unpaired) electrons. The maximum atomic E-state index is 13.2. The minimum Gasteiger partial charge on any atom is -0.454 e. The molecule has 0 fully saturated rings. The summed E-state index contributed by atoms with van der Waals surface area (Å²) in [5, 5.41) is 0. The molecule has 33 heavy (non-hydrogen) atoms.